The van der Waals surface area contributed by atoms with E-state index in [0.29, 0.717) is 0 Å². The van der Waals surface area contributed by atoms with Gasteiger partial charge in [-0.15, -0.1) is 0 Å². The molecule has 1 rings (SSSR count). The van der Waals surface area contributed by atoms with Gasteiger partial charge in [-0.25, -0.2) is 13.2 Å². The fraction of sp³-hybridized carbons (Fsp3) is 0.400. The van der Waals surface area contributed by atoms with Crippen molar-refractivity contribution in [1.29, 1.82) is 0 Å². The van der Waals surface area contributed by atoms with Crippen molar-refractivity contribution < 1.29 is 13.2 Å². The minimum atomic E-state index is -2.99. The maximum atomic E-state index is 13.1. The van der Waals surface area contributed by atoms with Gasteiger partial charge in [0.1, 0.15) is 5.82 Å². The van der Waals surface area contributed by atoms with Crippen LogP contribution in [0.5, 0.6) is 0 Å². The standard InChI is InChI=1S/C10H12F3N/c1-7(14)10(12,13)6-8-3-2-4-9(11)5-8/h2-5,7H,6,14H2,1H3. The highest BCUT2D eigenvalue weighted by Crippen LogP contribution is 2.23. The maximum absolute atomic E-state index is 13.1. The summed E-state index contributed by atoms with van der Waals surface area (Å²) >= 11 is 0. The van der Waals surface area contributed by atoms with Crippen LogP contribution in [0.2, 0.25) is 0 Å². The van der Waals surface area contributed by atoms with Gasteiger partial charge in [0.15, 0.2) is 0 Å². The Morgan fingerprint density at radius 3 is 2.57 bits per heavy atom. The maximum Gasteiger partial charge on any atom is 0.266 e. The summed E-state index contributed by atoms with van der Waals surface area (Å²) in [7, 11) is 0. The monoisotopic (exact) mass is 203 g/mol. The Morgan fingerprint density at radius 2 is 2.07 bits per heavy atom. The van der Waals surface area contributed by atoms with E-state index >= 15 is 0 Å². The van der Waals surface area contributed by atoms with Crippen LogP contribution in [0.4, 0.5) is 13.2 Å². The highest BCUT2D eigenvalue weighted by atomic mass is 19.3. The number of hydrogen-bond acceptors (Lipinski definition) is 1. The summed E-state index contributed by atoms with van der Waals surface area (Å²) in [5.74, 6) is -3.50. The van der Waals surface area contributed by atoms with Gasteiger partial charge in [-0.1, -0.05) is 12.1 Å². The Labute approximate surface area is 80.7 Å². The van der Waals surface area contributed by atoms with E-state index in [1.54, 1.807) is 0 Å². The smallest absolute Gasteiger partial charge is 0.266 e. The van der Waals surface area contributed by atoms with Crippen LogP contribution in [0.25, 0.3) is 0 Å². The average Bonchev–Trinajstić information content (AvgIpc) is 2.02. The van der Waals surface area contributed by atoms with E-state index < -0.39 is 24.2 Å². The van der Waals surface area contributed by atoms with Gasteiger partial charge < -0.3 is 5.73 Å². The summed E-state index contributed by atoms with van der Waals surface area (Å²) in [5, 5.41) is 0. The molecule has 0 saturated heterocycles. The second-order valence-electron chi connectivity index (χ2n) is 3.36. The molecule has 0 bridgehead atoms. The Morgan fingerprint density at radius 1 is 1.43 bits per heavy atom. The summed E-state index contributed by atoms with van der Waals surface area (Å²) in [6.07, 6.45) is -0.525. The number of benzene rings is 1. The first-order valence-corrected chi connectivity index (χ1v) is 4.29. The van der Waals surface area contributed by atoms with Gasteiger partial charge in [0.25, 0.3) is 5.92 Å². The third-order valence-corrected chi connectivity index (χ3v) is 2.00. The molecule has 0 aliphatic rings. The molecule has 2 N–H and O–H groups in total. The van der Waals surface area contributed by atoms with Crippen LogP contribution in [-0.2, 0) is 6.42 Å². The van der Waals surface area contributed by atoms with Crippen molar-refractivity contribution >= 4 is 0 Å². The molecular weight excluding hydrogens is 191 g/mol. The van der Waals surface area contributed by atoms with Crippen molar-refractivity contribution in [3.8, 4) is 0 Å². The van der Waals surface area contributed by atoms with Gasteiger partial charge in [-0.05, 0) is 24.6 Å². The largest absolute Gasteiger partial charge is 0.323 e. The molecule has 0 spiro atoms. The van der Waals surface area contributed by atoms with E-state index in [9.17, 15) is 13.2 Å². The van der Waals surface area contributed by atoms with Crippen LogP contribution in [0.3, 0.4) is 0 Å². The molecule has 1 atom stereocenters. The van der Waals surface area contributed by atoms with E-state index in [1.165, 1.54) is 25.1 Å². The van der Waals surface area contributed by atoms with Crippen LogP contribution in [0, 0.1) is 5.82 Å². The zero-order valence-electron chi connectivity index (χ0n) is 7.81. The third kappa shape index (κ3) is 2.73. The predicted molar refractivity (Wildman–Crippen MR) is 48.7 cm³/mol. The minimum Gasteiger partial charge on any atom is -0.323 e. The number of hydrogen-bond donors (Lipinski definition) is 1. The zero-order chi connectivity index (χ0) is 10.8. The van der Waals surface area contributed by atoms with Crippen LogP contribution >= 0.6 is 0 Å². The molecule has 0 saturated carbocycles. The normalized spacial score (nSPS) is 14.1. The second-order valence-corrected chi connectivity index (χ2v) is 3.36. The molecule has 1 aromatic rings. The number of nitrogens with two attached hydrogens (primary N) is 1. The highest BCUT2D eigenvalue weighted by molar-refractivity contribution is 5.18. The lowest BCUT2D eigenvalue weighted by atomic mass is 10.0. The van der Waals surface area contributed by atoms with Crippen molar-refractivity contribution in [2.24, 2.45) is 5.73 Å². The SMILES string of the molecule is CC(N)C(F)(F)Cc1cccc(F)c1. The lowest BCUT2D eigenvalue weighted by Gasteiger charge is -2.20. The molecule has 1 aromatic carbocycles. The lowest BCUT2D eigenvalue weighted by molar-refractivity contribution is -0.0191. The first kappa shape index (κ1) is 11.0. The van der Waals surface area contributed by atoms with Gasteiger partial charge in [-0.2, -0.15) is 0 Å². The summed E-state index contributed by atoms with van der Waals surface area (Å²) in [6, 6.07) is 3.94. The zero-order valence-corrected chi connectivity index (χ0v) is 7.81. The van der Waals surface area contributed by atoms with Crippen molar-refractivity contribution in [2.45, 2.75) is 25.3 Å². The van der Waals surface area contributed by atoms with Crippen molar-refractivity contribution in [3.05, 3.63) is 35.6 Å². The molecule has 0 heterocycles. The molecule has 0 radical (unpaired) electrons. The number of alkyl halides is 2. The molecule has 4 heteroatoms. The quantitative estimate of drug-likeness (QED) is 0.801. The summed E-state index contributed by atoms with van der Waals surface area (Å²) in [6.45, 7) is 1.24. The van der Waals surface area contributed by atoms with Crippen molar-refractivity contribution in [3.63, 3.8) is 0 Å². The van der Waals surface area contributed by atoms with Gasteiger partial charge in [0.2, 0.25) is 0 Å². The van der Waals surface area contributed by atoms with Crippen LogP contribution in [-0.4, -0.2) is 12.0 Å². The Bertz CT molecular complexity index is 310. The first-order chi connectivity index (χ1) is 6.42. The second kappa shape index (κ2) is 4.00. The van der Waals surface area contributed by atoms with Crippen molar-refractivity contribution in [2.75, 3.05) is 0 Å². The number of halogens is 3. The lowest BCUT2D eigenvalue weighted by Crippen LogP contribution is -2.40. The summed E-state index contributed by atoms with van der Waals surface area (Å²) in [4.78, 5) is 0. The van der Waals surface area contributed by atoms with Gasteiger partial charge in [0.05, 0.1) is 6.04 Å². The molecule has 14 heavy (non-hydrogen) atoms. The predicted octanol–water partition coefficient (Wildman–Crippen LogP) is 2.35. The average molecular weight is 203 g/mol. The molecule has 0 aromatic heterocycles. The molecule has 1 unspecified atom stereocenters. The third-order valence-electron chi connectivity index (χ3n) is 2.00. The highest BCUT2D eigenvalue weighted by Gasteiger charge is 2.33. The van der Waals surface area contributed by atoms with E-state index in [2.05, 4.69) is 0 Å². The molecule has 1 nitrogen and oxygen atoms in total. The van der Waals surface area contributed by atoms with Gasteiger partial charge >= 0.3 is 0 Å². The van der Waals surface area contributed by atoms with Gasteiger partial charge in [0, 0.05) is 6.42 Å². The minimum absolute atomic E-state index is 0.257. The van der Waals surface area contributed by atoms with Crippen LogP contribution < -0.4 is 5.73 Å². The Balaban J connectivity index is 2.78. The molecular formula is C10H12F3N. The molecule has 78 valence electrons. The summed E-state index contributed by atoms with van der Waals surface area (Å²) < 4.78 is 38.9. The number of rotatable bonds is 3. The fourth-order valence-corrected chi connectivity index (χ4v) is 1.08. The van der Waals surface area contributed by atoms with Crippen molar-refractivity contribution in [1.82, 2.24) is 0 Å². The van der Waals surface area contributed by atoms with Crippen LogP contribution in [0.15, 0.2) is 24.3 Å². The molecule has 0 aliphatic heterocycles. The van der Waals surface area contributed by atoms with E-state index in [-0.39, 0.29) is 5.56 Å². The first-order valence-electron chi connectivity index (χ1n) is 4.29. The Hall–Kier alpha value is -1.03. The molecule has 0 aliphatic carbocycles. The fourth-order valence-electron chi connectivity index (χ4n) is 1.08. The Kier molecular flexibility index (Phi) is 3.16. The molecule has 0 amide bonds. The van der Waals surface area contributed by atoms with Crippen LogP contribution in [0.1, 0.15) is 12.5 Å². The summed E-state index contributed by atoms with van der Waals surface area (Å²) in [5.41, 5.74) is 5.37. The van der Waals surface area contributed by atoms with E-state index in [4.69, 9.17) is 5.73 Å². The van der Waals surface area contributed by atoms with E-state index in [0.717, 1.165) is 6.07 Å². The van der Waals surface area contributed by atoms with Gasteiger partial charge in [-0.3, -0.25) is 0 Å². The molecule has 0 fully saturated rings. The van der Waals surface area contributed by atoms with E-state index in [1.807, 2.05) is 0 Å². The topological polar surface area (TPSA) is 26.0 Å².